The van der Waals surface area contributed by atoms with Crippen molar-refractivity contribution in [1.29, 1.82) is 0 Å². The van der Waals surface area contributed by atoms with Gasteiger partial charge in [0.1, 0.15) is 5.76 Å². The molecule has 1 aliphatic heterocycles. The molecule has 1 saturated heterocycles. The normalized spacial score (nSPS) is 16.0. The fraction of sp³-hybridized carbons (Fsp3) is 0.368. The lowest BCUT2D eigenvalue weighted by Crippen LogP contribution is -2.41. The van der Waals surface area contributed by atoms with Crippen LogP contribution < -0.4 is 5.32 Å². The Morgan fingerprint density at radius 3 is 2.50 bits per heavy atom. The Morgan fingerprint density at radius 1 is 1.19 bits per heavy atom. The monoisotopic (exact) mass is 374 g/mol. The minimum absolute atomic E-state index is 0.0178. The zero-order valence-electron chi connectivity index (χ0n) is 14.6. The summed E-state index contributed by atoms with van der Waals surface area (Å²) < 4.78 is 10.3. The second kappa shape index (κ2) is 8.91. The van der Waals surface area contributed by atoms with E-state index in [9.17, 15) is 9.59 Å². The summed E-state index contributed by atoms with van der Waals surface area (Å²) in [5, 5.41) is 2.98. The molecule has 2 heterocycles. The quantitative estimate of drug-likeness (QED) is 0.784. The van der Waals surface area contributed by atoms with E-state index in [0.29, 0.717) is 17.7 Å². The maximum Gasteiger partial charge on any atom is 0.337 e. The van der Waals surface area contributed by atoms with Crippen molar-refractivity contribution in [2.24, 2.45) is 0 Å². The third-order valence-corrected chi connectivity index (χ3v) is 5.32. The molecule has 0 radical (unpaired) electrons. The molecule has 1 amide bonds. The van der Waals surface area contributed by atoms with Crippen molar-refractivity contribution in [3.63, 3.8) is 0 Å². The Bertz CT molecular complexity index is 725. The van der Waals surface area contributed by atoms with Gasteiger partial charge in [0.05, 0.1) is 25.0 Å². The van der Waals surface area contributed by atoms with Gasteiger partial charge in [0.25, 0.3) is 5.91 Å². The zero-order chi connectivity index (χ0) is 18.4. The molecule has 0 saturated carbocycles. The summed E-state index contributed by atoms with van der Waals surface area (Å²) in [6, 6.07) is 10.3. The number of carbonyl (C=O) groups is 2. The van der Waals surface area contributed by atoms with E-state index in [1.54, 1.807) is 30.5 Å². The molecule has 7 heteroatoms. The van der Waals surface area contributed by atoms with Crippen LogP contribution in [0.1, 0.15) is 32.5 Å². The highest BCUT2D eigenvalue weighted by molar-refractivity contribution is 7.99. The van der Waals surface area contributed by atoms with Crippen LogP contribution in [0.3, 0.4) is 0 Å². The standard InChI is InChI=1S/C19H22N2O4S/c1-24-19(23)15-6-4-14(5-7-15)18(22)20-13-16(17-3-2-10-25-17)21-8-11-26-12-9-21/h2-7,10,16H,8-9,11-13H2,1H3,(H,20,22). The largest absolute Gasteiger partial charge is 0.468 e. The molecule has 3 rings (SSSR count). The Balaban J connectivity index is 1.64. The van der Waals surface area contributed by atoms with Crippen LogP contribution in [-0.2, 0) is 4.74 Å². The van der Waals surface area contributed by atoms with Crippen molar-refractivity contribution in [2.75, 3.05) is 38.2 Å². The van der Waals surface area contributed by atoms with Gasteiger partial charge in [0.15, 0.2) is 0 Å². The molecule has 1 unspecified atom stereocenters. The number of rotatable bonds is 6. The van der Waals surface area contributed by atoms with Gasteiger partial charge in [-0.05, 0) is 36.4 Å². The van der Waals surface area contributed by atoms with Crippen LogP contribution in [-0.4, -0.2) is 55.0 Å². The van der Waals surface area contributed by atoms with Gasteiger partial charge in [-0.1, -0.05) is 0 Å². The number of furan rings is 1. The van der Waals surface area contributed by atoms with Gasteiger partial charge < -0.3 is 14.5 Å². The second-order valence-electron chi connectivity index (χ2n) is 5.96. The maximum absolute atomic E-state index is 12.5. The van der Waals surface area contributed by atoms with E-state index < -0.39 is 5.97 Å². The predicted molar refractivity (Wildman–Crippen MR) is 100 cm³/mol. The highest BCUT2D eigenvalue weighted by Gasteiger charge is 2.25. The van der Waals surface area contributed by atoms with Gasteiger partial charge in [-0.25, -0.2) is 4.79 Å². The number of esters is 1. The average molecular weight is 374 g/mol. The SMILES string of the molecule is COC(=O)c1ccc(C(=O)NCC(c2ccco2)N2CCSCC2)cc1. The van der Waals surface area contributed by atoms with E-state index in [0.717, 1.165) is 30.4 Å². The van der Waals surface area contributed by atoms with Crippen molar-refractivity contribution < 1.29 is 18.7 Å². The molecule has 26 heavy (non-hydrogen) atoms. The van der Waals surface area contributed by atoms with Crippen molar-refractivity contribution in [3.05, 3.63) is 59.5 Å². The molecule has 138 valence electrons. The molecular formula is C19H22N2O4S. The number of nitrogens with zero attached hydrogens (tertiary/aromatic N) is 1. The first-order valence-corrected chi connectivity index (χ1v) is 9.66. The third kappa shape index (κ3) is 4.47. The van der Waals surface area contributed by atoms with E-state index in [2.05, 4.69) is 15.0 Å². The van der Waals surface area contributed by atoms with E-state index in [1.165, 1.54) is 7.11 Å². The predicted octanol–water partition coefficient (Wildman–Crippen LogP) is 2.59. The Hall–Kier alpha value is -2.25. The summed E-state index contributed by atoms with van der Waals surface area (Å²) in [7, 11) is 1.33. The first-order valence-electron chi connectivity index (χ1n) is 8.51. The molecule has 0 spiro atoms. The average Bonchev–Trinajstić information content (AvgIpc) is 3.23. The lowest BCUT2D eigenvalue weighted by molar-refractivity contribution is 0.0600. The number of benzene rings is 1. The highest BCUT2D eigenvalue weighted by Crippen LogP contribution is 2.24. The summed E-state index contributed by atoms with van der Waals surface area (Å²) in [5.74, 6) is 2.43. The fourth-order valence-electron chi connectivity index (χ4n) is 2.95. The molecule has 1 N–H and O–H groups in total. The molecule has 1 aliphatic rings. The summed E-state index contributed by atoms with van der Waals surface area (Å²) in [5.41, 5.74) is 0.924. The summed E-state index contributed by atoms with van der Waals surface area (Å²) in [6.45, 7) is 2.41. The molecule has 0 aliphatic carbocycles. The van der Waals surface area contributed by atoms with E-state index in [4.69, 9.17) is 4.42 Å². The van der Waals surface area contributed by atoms with Gasteiger partial charge in [-0.3, -0.25) is 9.69 Å². The summed E-state index contributed by atoms with van der Waals surface area (Å²) >= 11 is 1.94. The Labute approximate surface area is 156 Å². The number of amides is 1. The number of nitrogens with one attached hydrogen (secondary N) is 1. The number of carbonyl (C=O) groups excluding carboxylic acids is 2. The third-order valence-electron chi connectivity index (χ3n) is 4.38. The highest BCUT2D eigenvalue weighted by atomic mass is 32.2. The van der Waals surface area contributed by atoms with Crippen LogP contribution in [0.5, 0.6) is 0 Å². The lowest BCUT2D eigenvalue weighted by Gasteiger charge is -2.33. The Morgan fingerprint density at radius 2 is 1.88 bits per heavy atom. The molecule has 1 aromatic carbocycles. The number of hydrogen-bond donors (Lipinski definition) is 1. The zero-order valence-corrected chi connectivity index (χ0v) is 15.5. The van der Waals surface area contributed by atoms with Crippen molar-refractivity contribution in [3.8, 4) is 0 Å². The van der Waals surface area contributed by atoms with E-state index in [1.807, 2.05) is 23.9 Å². The molecule has 1 aromatic heterocycles. The van der Waals surface area contributed by atoms with E-state index in [-0.39, 0.29) is 11.9 Å². The first-order chi connectivity index (χ1) is 12.7. The first kappa shape index (κ1) is 18.5. The van der Waals surface area contributed by atoms with Gasteiger partial charge >= 0.3 is 5.97 Å². The van der Waals surface area contributed by atoms with Gasteiger partial charge in [-0.15, -0.1) is 0 Å². The molecular weight excluding hydrogens is 352 g/mol. The minimum Gasteiger partial charge on any atom is -0.468 e. The number of methoxy groups -OCH3 is 1. The molecule has 6 nitrogen and oxygen atoms in total. The summed E-state index contributed by atoms with van der Waals surface area (Å²) in [6.07, 6.45) is 1.66. The van der Waals surface area contributed by atoms with Crippen LogP contribution in [0.15, 0.2) is 47.1 Å². The smallest absolute Gasteiger partial charge is 0.337 e. The topological polar surface area (TPSA) is 71.8 Å². The van der Waals surface area contributed by atoms with Crippen molar-refractivity contribution >= 4 is 23.6 Å². The van der Waals surface area contributed by atoms with Crippen molar-refractivity contribution in [1.82, 2.24) is 10.2 Å². The maximum atomic E-state index is 12.5. The number of hydrogen-bond acceptors (Lipinski definition) is 6. The van der Waals surface area contributed by atoms with Crippen molar-refractivity contribution in [2.45, 2.75) is 6.04 Å². The minimum atomic E-state index is -0.419. The summed E-state index contributed by atoms with van der Waals surface area (Å²) in [4.78, 5) is 26.3. The molecule has 2 aromatic rings. The lowest BCUT2D eigenvalue weighted by atomic mass is 10.1. The van der Waals surface area contributed by atoms with Crippen LogP contribution in [0, 0.1) is 0 Å². The number of thioether (sulfide) groups is 1. The van der Waals surface area contributed by atoms with Gasteiger partial charge in [0.2, 0.25) is 0 Å². The molecule has 1 atom stereocenters. The molecule has 0 bridgehead atoms. The van der Waals surface area contributed by atoms with Crippen LogP contribution >= 0.6 is 11.8 Å². The Kier molecular flexibility index (Phi) is 6.35. The van der Waals surface area contributed by atoms with Gasteiger partial charge in [0, 0.05) is 36.7 Å². The number of ether oxygens (including phenoxy) is 1. The van der Waals surface area contributed by atoms with Crippen LogP contribution in [0.4, 0.5) is 0 Å². The fourth-order valence-corrected chi connectivity index (χ4v) is 3.88. The second-order valence-corrected chi connectivity index (χ2v) is 7.18. The van der Waals surface area contributed by atoms with Crippen LogP contribution in [0.25, 0.3) is 0 Å². The van der Waals surface area contributed by atoms with E-state index >= 15 is 0 Å². The van der Waals surface area contributed by atoms with Gasteiger partial charge in [-0.2, -0.15) is 11.8 Å². The van der Waals surface area contributed by atoms with Crippen LogP contribution in [0.2, 0.25) is 0 Å². The molecule has 1 fully saturated rings.